The highest BCUT2D eigenvalue weighted by Gasteiger charge is 2.04. The Labute approximate surface area is 92.5 Å². The van der Waals surface area contributed by atoms with Crippen molar-refractivity contribution in [2.75, 3.05) is 0 Å². The van der Waals surface area contributed by atoms with Crippen LogP contribution in [0.3, 0.4) is 0 Å². The van der Waals surface area contributed by atoms with Gasteiger partial charge < -0.3 is 4.98 Å². The van der Waals surface area contributed by atoms with Gasteiger partial charge in [0, 0.05) is 22.5 Å². The van der Waals surface area contributed by atoms with Gasteiger partial charge in [-0.1, -0.05) is 12.1 Å². The summed E-state index contributed by atoms with van der Waals surface area (Å²) in [7, 11) is 0. The number of hydrogen-bond acceptors (Lipinski definition) is 1. The van der Waals surface area contributed by atoms with E-state index in [9.17, 15) is 4.79 Å². The van der Waals surface area contributed by atoms with Crippen molar-refractivity contribution in [3.05, 3.63) is 58.4 Å². The standard InChI is InChI=1S/C14H11NO/c1-9-7-8-15-12-6-5-10-11(14(9)12)3-2-4-13(10)16/h2-8,15H,1H3. The average molecular weight is 209 g/mol. The van der Waals surface area contributed by atoms with Gasteiger partial charge in [0.1, 0.15) is 0 Å². The largest absolute Gasteiger partial charge is 0.361 e. The number of aromatic amines is 1. The maximum Gasteiger partial charge on any atom is 0.186 e. The smallest absolute Gasteiger partial charge is 0.186 e. The Bertz CT molecular complexity index is 740. The third-order valence-corrected chi connectivity index (χ3v) is 2.99. The molecule has 0 saturated carbocycles. The molecule has 0 saturated heterocycles. The topological polar surface area (TPSA) is 32.9 Å². The zero-order chi connectivity index (χ0) is 11.1. The summed E-state index contributed by atoms with van der Waals surface area (Å²) in [5.74, 6) is 0. The number of aryl methyl sites for hydroxylation is 1. The predicted octanol–water partition coefficient (Wildman–Crippen LogP) is 2.99. The Morgan fingerprint density at radius 3 is 2.75 bits per heavy atom. The fraction of sp³-hybridized carbons (Fsp3) is 0.0714. The van der Waals surface area contributed by atoms with E-state index >= 15 is 0 Å². The molecule has 2 heteroatoms. The lowest BCUT2D eigenvalue weighted by atomic mass is 10.0. The van der Waals surface area contributed by atoms with Crippen LogP contribution in [-0.4, -0.2) is 4.98 Å². The molecule has 2 nitrogen and oxygen atoms in total. The first-order valence-electron chi connectivity index (χ1n) is 5.27. The molecule has 0 atom stereocenters. The SMILES string of the molecule is Cc1cc[nH]c2ccc3c(=O)cccc3c12. The van der Waals surface area contributed by atoms with E-state index in [1.807, 2.05) is 36.5 Å². The van der Waals surface area contributed by atoms with Gasteiger partial charge in [0.25, 0.3) is 0 Å². The summed E-state index contributed by atoms with van der Waals surface area (Å²) in [4.78, 5) is 14.9. The minimum atomic E-state index is 0.0858. The third-order valence-electron chi connectivity index (χ3n) is 2.99. The average Bonchev–Trinajstić information content (AvgIpc) is 2.29. The van der Waals surface area contributed by atoms with E-state index in [-0.39, 0.29) is 5.43 Å². The summed E-state index contributed by atoms with van der Waals surface area (Å²) in [5.41, 5.74) is 2.34. The highest BCUT2D eigenvalue weighted by Crippen LogP contribution is 2.24. The van der Waals surface area contributed by atoms with Crippen molar-refractivity contribution in [3.63, 3.8) is 0 Å². The molecule has 0 aliphatic rings. The normalized spacial score (nSPS) is 11.1. The Morgan fingerprint density at radius 2 is 1.88 bits per heavy atom. The molecule has 1 aromatic heterocycles. The van der Waals surface area contributed by atoms with Crippen LogP contribution in [0.2, 0.25) is 0 Å². The molecule has 0 aliphatic heterocycles. The fourth-order valence-corrected chi connectivity index (χ4v) is 2.21. The maximum absolute atomic E-state index is 11.7. The highest BCUT2D eigenvalue weighted by atomic mass is 16.1. The van der Waals surface area contributed by atoms with E-state index in [1.54, 1.807) is 6.07 Å². The van der Waals surface area contributed by atoms with Crippen molar-refractivity contribution in [1.82, 2.24) is 4.98 Å². The molecule has 0 fully saturated rings. The number of fused-ring (bicyclic) bond motifs is 3. The van der Waals surface area contributed by atoms with Crippen LogP contribution < -0.4 is 5.43 Å². The molecule has 78 valence electrons. The molecule has 0 aliphatic carbocycles. The number of aromatic nitrogens is 1. The molecule has 3 aromatic rings. The fourth-order valence-electron chi connectivity index (χ4n) is 2.21. The predicted molar refractivity (Wildman–Crippen MR) is 66.8 cm³/mol. The van der Waals surface area contributed by atoms with Crippen molar-refractivity contribution in [3.8, 4) is 0 Å². The van der Waals surface area contributed by atoms with Crippen LogP contribution in [-0.2, 0) is 0 Å². The van der Waals surface area contributed by atoms with Crippen LogP contribution in [0.15, 0.2) is 47.4 Å². The van der Waals surface area contributed by atoms with E-state index < -0.39 is 0 Å². The zero-order valence-electron chi connectivity index (χ0n) is 8.95. The molecule has 16 heavy (non-hydrogen) atoms. The summed E-state index contributed by atoms with van der Waals surface area (Å²) < 4.78 is 0. The van der Waals surface area contributed by atoms with Crippen molar-refractivity contribution < 1.29 is 0 Å². The minimum Gasteiger partial charge on any atom is -0.361 e. The van der Waals surface area contributed by atoms with Crippen LogP contribution in [0.1, 0.15) is 5.56 Å². The van der Waals surface area contributed by atoms with Crippen molar-refractivity contribution >= 4 is 21.7 Å². The Hall–Kier alpha value is -2.09. The van der Waals surface area contributed by atoms with E-state index in [0.717, 1.165) is 21.7 Å². The van der Waals surface area contributed by atoms with E-state index in [2.05, 4.69) is 11.9 Å². The van der Waals surface area contributed by atoms with Gasteiger partial charge in [-0.05, 0) is 42.1 Å². The van der Waals surface area contributed by atoms with E-state index in [1.165, 1.54) is 5.56 Å². The molecular formula is C14H11NO. The van der Waals surface area contributed by atoms with Gasteiger partial charge in [0.15, 0.2) is 5.43 Å². The van der Waals surface area contributed by atoms with Crippen LogP contribution in [0.4, 0.5) is 0 Å². The second kappa shape index (κ2) is 3.20. The Kier molecular flexibility index (Phi) is 1.83. The molecule has 0 unspecified atom stereocenters. The van der Waals surface area contributed by atoms with E-state index in [0.29, 0.717) is 0 Å². The number of benzene rings is 2. The summed E-state index contributed by atoms with van der Waals surface area (Å²) >= 11 is 0. The van der Waals surface area contributed by atoms with Crippen LogP contribution in [0.5, 0.6) is 0 Å². The molecule has 0 bridgehead atoms. The molecule has 0 radical (unpaired) electrons. The van der Waals surface area contributed by atoms with Gasteiger partial charge in [0.2, 0.25) is 0 Å². The highest BCUT2D eigenvalue weighted by molar-refractivity contribution is 6.07. The Morgan fingerprint density at radius 1 is 1.00 bits per heavy atom. The van der Waals surface area contributed by atoms with Gasteiger partial charge in [-0.15, -0.1) is 0 Å². The number of hydrogen-bond donors (Lipinski definition) is 1. The summed E-state index contributed by atoms with van der Waals surface area (Å²) in [6.07, 6.45) is 1.92. The number of rotatable bonds is 0. The van der Waals surface area contributed by atoms with Gasteiger partial charge in [0.05, 0.1) is 0 Å². The summed E-state index contributed by atoms with van der Waals surface area (Å²) in [6, 6.07) is 11.3. The first-order valence-corrected chi connectivity index (χ1v) is 5.27. The molecule has 1 N–H and O–H groups in total. The summed E-state index contributed by atoms with van der Waals surface area (Å²) in [6.45, 7) is 2.06. The minimum absolute atomic E-state index is 0.0858. The quantitative estimate of drug-likeness (QED) is 0.567. The van der Waals surface area contributed by atoms with Crippen LogP contribution in [0, 0.1) is 6.92 Å². The summed E-state index contributed by atoms with van der Waals surface area (Å²) in [5, 5.41) is 2.95. The first-order chi connectivity index (χ1) is 7.77. The number of nitrogens with one attached hydrogen (secondary N) is 1. The molecule has 2 aromatic carbocycles. The molecule has 0 spiro atoms. The van der Waals surface area contributed by atoms with Crippen molar-refractivity contribution in [1.29, 1.82) is 0 Å². The monoisotopic (exact) mass is 209 g/mol. The van der Waals surface area contributed by atoms with Crippen molar-refractivity contribution in [2.45, 2.75) is 6.92 Å². The first kappa shape index (κ1) is 9.16. The van der Waals surface area contributed by atoms with Gasteiger partial charge in [-0.25, -0.2) is 0 Å². The molecule has 1 heterocycles. The van der Waals surface area contributed by atoms with Gasteiger partial charge >= 0.3 is 0 Å². The molecule has 0 amide bonds. The number of pyridine rings is 1. The number of H-pyrrole nitrogens is 1. The molecular weight excluding hydrogens is 198 g/mol. The lowest BCUT2D eigenvalue weighted by Crippen LogP contribution is -1.98. The lowest BCUT2D eigenvalue weighted by Gasteiger charge is -2.05. The maximum atomic E-state index is 11.7. The second-order valence-electron chi connectivity index (χ2n) is 4.00. The zero-order valence-corrected chi connectivity index (χ0v) is 8.95. The third kappa shape index (κ3) is 1.16. The van der Waals surface area contributed by atoms with Crippen LogP contribution in [0.25, 0.3) is 21.7 Å². The lowest BCUT2D eigenvalue weighted by molar-refractivity contribution is 1.38. The van der Waals surface area contributed by atoms with E-state index in [4.69, 9.17) is 0 Å². The molecule has 3 rings (SSSR count). The van der Waals surface area contributed by atoms with Gasteiger partial charge in [-0.3, -0.25) is 4.79 Å². The second-order valence-corrected chi connectivity index (χ2v) is 4.00. The van der Waals surface area contributed by atoms with Crippen LogP contribution >= 0.6 is 0 Å². The Balaban J connectivity index is 2.69. The van der Waals surface area contributed by atoms with Crippen molar-refractivity contribution in [2.24, 2.45) is 0 Å². The van der Waals surface area contributed by atoms with Gasteiger partial charge in [-0.2, -0.15) is 0 Å².